The quantitative estimate of drug-likeness (QED) is 0.849. The number of rotatable bonds is 5. The van der Waals surface area contributed by atoms with E-state index in [4.69, 9.17) is 9.47 Å². The average molecular weight is 368 g/mol. The van der Waals surface area contributed by atoms with E-state index < -0.39 is 0 Å². The van der Waals surface area contributed by atoms with Crippen LogP contribution in [0.4, 0.5) is 0 Å². The number of carbonyl (C=O) groups is 1. The highest BCUT2D eigenvalue weighted by molar-refractivity contribution is 5.96. The van der Waals surface area contributed by atoms with Crippen LogP contribution in [-0.4, -0.2) is 48.9 Å². The highest BCUT2D eigenvalue weighted by Crippen LogP contribution is 2.36. The normalized spacial score (nSPS) is 18.6. The minimum atomic E-state index is -0.173. The molecule has 27 heavy (non-hydrogen) atoms. The minimum Gasteiger partial charge on any atom is -0.508 e. The van der Waals surface area contributed by atoms with Crippen LogP contribution in [0.5, 0.6) is 17.2 Å². The second-order valence-electron chi connectivity index (χ2n) is 7.16. The van der Waals surface area contributed by atoms with E-state index >= 15 is 0 Å². The number of phenolic OH excluding ortho intramolecular Hbond substituents is 1. The third kappa shape index (κ3) is 3.85. The van der Waals surface area contributed by atoms with Crippen molar-refractivity contribution in [3.8, 4) is 28.4 Å². The summed E-state index contributed by atoms with van der Waals surface area (Å²) in [5.41, 5.74) is 2.06. The van der Waals surface area contributed by atoms with Crippen LogP contribution in [0.1, 0.15) is 29.6 Å². The fraction of sp³-hybridized carbons (Fsp3) is 0.381. The molecule has 1 atom stereocenters. The van der Waals surface area contributed by atoms with E-state index in [-0.39, 0.29) is 18.4 Å². The number of fused-ring (bicyclic) bond motifs is 1. The largest absolute Gasteiger partial charge is 0.508 e. The molecule has 2 aliphatic heterocycles. The summed E-state index contributed by atoms with van der Waals surface area (Å²) in [6.07, 6.45) is 3.35. The van der Waals surface area contributed by atoms with Gasteiger partial charge in [-0.25, -0.2) is 0 Å². The zero-order chi connectivity index (χ0) is 18.8. The van der Waals surface area contributed by atoms with Crippen molar-refractivity contribution in [1.29, 1.82) is 0 Å². The summed E-state index contributed by atoms with van der Waals surface area (Å²) in [5, 5.41) is 13.1. The first-order valence-corrected chi connectivity index (χ1v) is 9.33. The van der Waals surface area contributed by atoms with Crippen molar-refractivity contribution in [3.05, 3.63) is 42.0 Å². The molecule has 4 rings (SSSR count). The molecule has 2 heterocycles. The lowest BCUT2D eigenvalue weighted by Gasteiger charge is -2.19. The summed E-state index contributed by atoms with van der Waals surface area (Å²) < 4.78 is 10.7. The molecule has 0 aliphatic carbocycles. The third-order valence-electron chi connectivity index (χ3n) is 5.32. The Balaban J connectivity index is 1.46. The van der Waals surface area contributed by atoms with Crippen molar-refractivity contribution in [1.82, 2.24) is 10.2 Å². The van der Waals surface area contributed by atoms with Crippen LogP contribution in [0.3, 0.4) is 0 Å². The molecule has 6 nitrogen and oxygen atoms in total. The van der Waals surface area contributed by atoms with Crippen molar-refractivity contribution >= 4 is 5.91 Å². The zero-order valence-electron chi connectivity index (χ0n) is 15.4. The van der Waals surface area contributed by atoms with Crippen molar-refractivity contribution in [2.75, 3.05) is 26.9 Å². The smallest absolute Gasteiger partial charge is 0.251 e. The summed E-state index contributed by atoms with van der Waals surface area (Å²) in [6, 6.07) is 11.0. The molecule has 6 heteroatoms. The third-order valence-corrected chi connectivity index (χ3v) is 5.32. The molecule has 2 N–H and O–H groups in total. The number of aromatic hydroxyl groups is 1. The van der Waals surface area contributed by atoms with E-state index in [1.54, 1.807) is 12.1 Å². The van der Waals surface area contributed by atoms with Crippen LogP contribution in [0, 0.1) is 0 Å². The summed E-state index contributed by atoms with van der Waals surface area (Å²) in [4.78, 5) is 14.9. The van der Waals surface area contributed by atoms with Gasteiger partial charge >= 0.3 is 0 Å². The maximum Gasteiger partial charge on any atom is 0.251 e. The van der Waals surface area contributed by atoms with Gasteiger partial charge in [-0.2, -0.15) is 0 Å². The molecule has 0 aromatic heterocycles. The Kier molecular flexibility index (Phi) is 4.90. The Morgan fingerprint density at radius 3 is 2.85 bits per heavy atom. The van der Waals surface area contributed by atoms with Crippen LogP contribution in [0.15, 0.2) is 36.4 Å². The Bertz CT molecular complexity index is 852. The van der Waals surface area contributed by atoms with Crippen molar-refractivity contribution in [3.63, 3.8) is 0 Å². The van der Waals surface area contributed by atoms with Gasteiger partial charge in [-0.15, -0.1) is 0 Å². The molecule has 1 saturated heterocycles. The first-order chi connectivity index (χ1) is 13.1. The molecule has 1 unspecified atom stereocenters. The van der Waals surface area contributed by atoms with Gasteiger partial charge in [0.2, 0.25) is 6.79 Å². The van der Waals surface area contributed by atoms with Gasteiger partial charge < -0.3 is 24.8 Å². The number of hydrogen-bond acceptors (Lipinski definition) is 5. The average Bonchev–Trinajstić information content (AvgIpc) is 3.29. The van der Waals surface area contributed by atoms with Crippen molar-refractivity contribution in [2.45, 2.75) is 25.3 Å². The van der Waals surface area contributed by atoms with E-state index in [0.717, 1.165) is 24.1 Å². The van der Waals surface area contributed by atoms with Gasteiger partial charge in [0.1, 0.15) is 5.75 Å². The predicted molar refractivity (Wildman–Crippen MR) is 102 cm³/mol. The highest BCUT2D eigenvalue weighted by atomic mass is 16.7. The molecule has 2 aromatic rings. The standard InChI is InChI=1S/C21H24N2O4/c1-23-8-2-3-17(23)6-7-22-21(25)16-9-15(10-18(24)11-16)14-4-5-19-20(12-14)27-13-26-19/h4-5,9-12,17,24H,2-3,6-8,13H2,1H3,(H,22,25). The summed E-state index contributed by atoms with van der Waals surface area (Å²) in [5.74, 6) is 1.26. The minimum absolute atomic E-state index is 0.0610. The van der Waals surface area contributed by atoms with E-state index in [1.165, 1.54) is 18.9 Å². The zero-order valence-corrected chi connectivity index (χ0v) is 15.4. The molecule has 142 valence electrons. The van der Waals surface area contributed by atoms with Crippen LogP contribution < -0.4 is 14.8 Å². The maximum atomic E-state index is 12.5. The molecule has 1 amide bonds. The summed E-state index contributed by atoms with van der Waals surface area (Å²) >= 11 is 0. The van der Waals surface area contributed by atoms with Gasteiger partial charge in [0, 0.05) is 18.2 Å². The first-order valence-electron chi connectivity index (χ1n) is 9.33. The van der Waals surface area contributed by atoms with E-state index in [1.807, 2.05) is 18.2 Å². The number of nitrogens with one attached hydrogen (secondary N) is 1. The molecule has 2 aromatic carbocycles. The van der Waals surface area contributed by atoms with Gasteiger partial charge in [-0.05, 0) is 74.3 Å². The first kappa shape index (κ1) is 17.7. The molecule has 0 saturated carbocycles. The molecular formula is C21H24N2O4. The van der Waals surface area contributed by atoms with Crippen molar-refractivity contribution in [2.24, 2.45) is 0 Å². The number of nitrogens with zero attached hydrogens (tertiary/aromatic N) is 1. The van der Waals surface area contributed by atoms with Crippen LogP contribution in [-0.2, 0) is 0 Å². The Morgan fingerprint density at radius 2 is 2.04 bits per heavy atom. The second-order valence-corrected chi connectivity index (χ2v) is 7.16. The number of likely N-dealkylation sites (tertiary alicyclic amines) is 1. The van der Waals surface area contributed by atoms with Gasteiger partial charge in [0.25, 0.3) is 5.91 Å². The number of ether oxygens (including phenoxy) is 2. The summed E-state index contributed by atoms with van der Waals surface area (Å²) in [7, 11) is 2.13. The number of phenols is 1. The number of amides is 1. The molecule has 0 radical (unpaired) electrons. The number of benzene rings is 2. The van der Waals surface area contributed by atoms with E-state index in [2.05, 4.69) is 17.3 Å². The molecule has 1 fully saturated rings. The fourth-order valence-corrected chi connectivity index (χ4v) is 3.78. The monoisotopic (exact) mass is 368 g/mol. The number of hydrogen-bond donors (Lipinski definition) is 2. The lowest BCUT2D eigenvalue weighted by Crippen LogP contribution is -2.31. The van der Waals surface area contributed by atoms with Gasteiger partial charge in [0.05, 0.1) is 0 Å². The van der Waals surface area contributed by atoms with E-state index in [9.17, 15) is 9.90 Å². The van der Waals surface area contributed by atoms with Gasteiger partial charge in [-0.1, -0.05) is 6.07 Å². The molecule has 0 bridgehead atoms. The predicted octanol–water partition coefficient (Wildman–Crippen LogP) is 3.00. The Morgan fingerprint density at radius 1 is 1.19 bits per heavy atom. The Hall–Kier alpha value is -2.73. The van der Waals surface area contributed by atoms with E-state index in [0.29, 0.717) is 29.6 Å². The van der Waals surface area contributed by atoms with Crippen LogP contribution in [0.25, 0.3) is 11.1 Å². The van der Waals surface area contributed by atoms with Gasteiger partial charge in [0.15, 0.2) is 11.5 Å². The SMILES string of the molecule is CN1CCCC1CCNC(=O)c1cc(O)cc(-c2ccc3c(c2)OCO3)c1. The van der Waals surface area contributed by atoms with Gasteiger partial charge in [-0.3, -0.25) is 4.79 Å². The van der Waals surface area contributed by atoms with Crippen molar-refractivity contribution < 1.29 is 19.4 Å². The second kappa shape index (κ2) is 7.48. The lowest BCUT2D eigenvalue weighted by atomic mass is 10.0. The molecule has 2 aliphatic rings. The van der Waals surface area contributed by atoms with Crippen LogP contribution >= 0.6 is 0 Å². The highest BCUT2D eigenvalue weighted by Gasteiger charge is 2.20. The molecular weight excluding hydrogens is 344 g/mol. The lowest BCUT2D eigenvalue weighted by molar-refractivity contribution is 0.0950. The van der Waals surface area contributed by atoms with Crippen LogP contribution in [0.2, 0.25) is 0 Å². The fourth-order valence-electron chi connectivity index (χ4n) is 3.78. The molecule has 0 spiro atoms. The topological polar surface area (TPSA) is 71.0 Å². The maximum absolute atomic E-state index is 12.5. The number of carbonyl (C=O) groups excluding carboxylic acids is 1. The summed E-state index contributed by atoms with van der Waals surface area (Å²) in [6.45, 7) is 1.97. The Labute approximate surface area is 158 Å².